The smallest absolute Gasteiger partial charge is 0.254 e. The molecule has 6 nitrogen and oxygen atoms in total. The van der Waals surface area contributed by atoms with Crippen LogP contribution in [0.25, 0.3) is 6.08 Å². The van der Waals surface area contributed by atoms with Crippen LogP contribution in [0.4, 0.5) is 8.78 Å². The van der Waals surface area contributed by atoms with Crippen LogP contribution in [0.5, 0.6) is 11.5 Å². The van der Waals surface area contributed by atoms with Crippen LogP contribution in [0, 0.1) is 23.5 Å². The van der Waals surface area contributed by atoms with E-state index in [1.807, 2.05) is 11.8 Å². The number of hydrogen-bond acceptors (Lipinski definition) is 5. The highest BCUT2D eigenvalue weighted by Gasteiger charge is 2.34. The number of methoxy groups -OCH3 is 2. The highest BCUT2D eigenvalue weighted by Crippen LogP contribution is 2.35. The Hall–Kier alpha value is -2.97. The molecular formula is C33H45F2N3O3. The number of benzene rings is 2. The van der Waals surface area contributed by atoms with E-state index in [1.54, 1.807) is 38.5 Å². The number of nitrogens with one attached hydrogen (secondary N) is 2. The topological polar surface area (TPSA) is 62.8 Å². The Morgan fingerprint density at radius 2 is 1.88 bits per heavy atom. The molecule has 1 heterocycles. The molecule has 2 aromatic carbocycles. The van der Waals surface area contributed by atoms with Gasteiger partial charge in [0, 0.05) is 48.4 Å². The van der Waals surface area contributed by atoms with E-state index >= 15 is 0 Å². The van der Waals surface area contributed by atoms with Gasteiger partial charge in [0.05, 0.1) is 14.2 Å². The number of carbonyl (C=O) groups is 1. The third kappa shape index (κ3) is 8.29. The largest absolute Gasteiger partial charge is 0.493 e. The van der Waals surface area contributed by atoms with Crippen molar-refractivity contribution in [1.29, 1.82) is 0 Å². The van der Waals surface area contributed by atoms with Gasteiger partial charge in [-0.3, -0.25) is 4.79 Å². The first-order valence-electron chi connectivity index (χ1n) is 14.8. The Bertz CT molecular complexity index is 1220. The Morgan fingerprint density at radius 3 is 2.59 bits per heavy atom. The molecule has 2 aromatic rings. The van der Waals surface area contributed by atoms with Crippen molar-refractivity contribution in [3.05, 3.63) is 64.7 Å². The van der Waals surface area contributed by atoms with E-state index in [-0.39, 0.29) is 11.9 Å². The third-order valence-corrected chi connectivity index (χ3v) is 8.38. The number of ether oxygens (including phenoxy) is 2. The normalized spacial score (nSPS) is 22.8. The van der Waals surface area contributed by atoms with Crippen LogP contribution in [0.15, 0.2) is 42.0 Å². The Labute approximate surface area is 243 Å². The number of halogens is 2. The Balaban J connectivity index is 1.53. The number of hydrogen-bond donors (Lipinski definition) is 2. The molecule has 1 saturated carbocycles. The lowest BCUT2D eigenvalue weighted by atomic mass is 9.87. The SMILES string of the molecule is COc1ccc(C(=O)N(C/C(C)=C/c2ccc(F)cc2F)C[C@H]2NCCC2C[C@@H]2CC[C@@H](NC(C)C)C2)cc1OC. The summed E-state index contributed by atoms with van der Waals surface area (Å²) < 4.78 is 38.6. The molecule has 1 saturated heterocycles. The maximum Gasteiger partial charge on any atom is 0.254 e. The molecule has 4 rings (SSSR count). The molecule has 2 aliphatic rings. The van der Waals surface area contributed by atoms with Gasteiger partial charge in [-0.2, -0.15) is 0 Å². The molecule has 41 heavy (non-hydrogen) atoms. The van der Waals surface area contributed by atoms with Gasteiger partial charge in [0.1, 0.15) is 11.6 Å². The lowest BCUT2D eigenvalue weighted by molar-refractivity contribution is 0.0745. The summed E-state index contributed by atoms with van der Waals surface area (Å²) in [6.07, 6.45) is 7.61. The molecule has 1 aliphatic heterocycles. The zero-order chi connectivity index (χ0) is 29.5. The van der Waals surface area contributed by atoms with Crippen LogP contribution >= 0.6 is 0 Å². The van der Waals surface area contributed by atoms with Crippen LogP contribution in [0.1, 0.15) is 68.8 Å². The summed E-state index contributed by atoms with van der Waals surface area (Å²) in [5.74, 6) is 0.845. The number of amides is 1. The van der Waals surface area contributed by atoms with Crippen LogP contribution in [0.2, 0.25) is 0 Å². The summed E-state index contributed by atoms with van der Waals surface area (Å²) in [6, 6.07) is 9.99. The lowest BCUT2D eigenvalue weighted by Gasteiger charge is -2.30. The van der Waals surface area contributed by atoms with Crippen molar-refractivity contribution in [2.75, 3.05) is 33.9 Å². The Kier molecular flexibility index (Phi) is 10.8. The van der Waals surface area contributed by atoms with Crippen LogP contribution in [-0.4, -0.2) is 62.8 Å². The molecule has 224 valence electrons. The first kappa shape index (κ1) is 31.0. The van der Waals surface area contributed by atoms with Crippen LogP contribution in [-0.2, 0) is 0 Å². The van der Waals surface area contributed by atoms with E-state index in [0.29, 0.717) is 59.6 Å². The Morgan fingerprint density at radius 1 is 1.10 bits per heavy atom. The van der Waals surface area contributed by atoms with Crippen molar-refractivity contribution in [2.24, 2.45) is 11.8 Å². The van der Waals surface area contributed by atoms with Gasteiger partial charge in [-0.05, 0) is 87.7 Å². The van der Waals surface area contributed by atoms with Crippen molar-refractivity contribution in [2.45, 2.75) is 71.0 Å². The predicted octanol–water partition coefficient (Wildman–Crippen LogP) is 6.06. The van der Waals surface area contributed by atoms with Crippen LogP contribution < -0.4 is 20.1 Å². The zero-order valence-electron chi connectivity index (χ0n) is 25.0. The zero-order valence-corrected chi connectivity index (χ0v) is 25.0. The van der Waals surface area contributed by atoms with E-state index in [0.717, 1.165) is 31.0 Å². The standard InChI is InChI=1S/C33H45F2N3O3/c1-21(2)37-28-10-6-23(16-28)15-25-12-13-36-30(25)20-38(19-22(3)14-24-7-9-27(34)18-29(24)35)33(39)26-8-11-31(40-4)32(17-26)41-5/h7-9,11,14,17-18,21,23,25,28,30,36-37H,6,10,12-13,15-16,19-20H2,1-5H3/b22-14+/t23-,25?,28+,30+/m0/s1. The van der Waals surface area contributed by atoms with E-state index < -0.39 is 11.6 Å². The molecule has 0 radical (unpaired) electrons. The summed E-state index contributed by atoms with van der Waals surface area (Å²) in [6.45, 7) is 8.07. The summed E-state index contributed by atoms with van der Waals surface area (Å²) in [5, 5.41) is 7.36. The number of nitrogens with zero attached hydrogens (tertiary/aromatic N) is 1. The van der Waals surface area contributed by atoms with Crippen molar-refractivity contribution in [3.63, 3.8) is 0 Å². The second-order valence-corrected chi connectivity index (χ2v) is 12.0. The minimum absolute atomic E-state index is 0.132. The summed E-state index contributed by atoms with van der Waals surface area (Å²) in [7, 11) is 3.11. The maximum absolute atomic E-state index is 14.4. The van der Waals surface area contributed by atoms with Crippen LogP contribution in [0.3, 0.4) is 0 Å². The molecule has 0 bridgehead atoms. The first-order chi connectivity index (χ1) is 19.7. The molecule has 4 atom stereocenters. The minimum atomic E-state index is -0.624. The first-order valence-corrected chi connectivity index (χ1v) is 14.8. The van der Waals surface area contributed by atoms with Gasteiger partial charge in [-0.25, -0.2) is 8.78 Å². The molecular weight excluding hydrogens is 524 g/mol. The van der Waals surface area contributed by atoms with E-state index in [4.69, 9.17) is 9.47 Å². The maximum atomic E-state index is 14.4. The number of carbonyl (C=O) groups excluding carboxylic acids is 1. The van der Waals surface area contributed by atoms with E-state index in [9.17, 15) is 13.6 Å². The fourth-order valence-electron chi connectivity index (χ4n) is 6.50. The second kappa shape index (κ2) is 14.3. The summed E-state index contributed by atoms with van der Waals surface area (Å²) in [5.41, 5.74) is 1.60. The van der Waals surface area contributed by atoms with Gasteiger partial charge >= 0.3 is 0 Å². The molecule has 1 amide bonds. The number of rotatable bonds is 12. The average Bonchev–Trinajstić information content (AvgIpc) is 3.57. The summed E-state index contributed by atoms with van der Waals surface area (Å²) >= 11 is 0. The monoisotopic (exact) mass is 569 g/mol. The van der Waals surface area contributed by atoms with Gasteiger partial charge in [-0.15, -0.1) is 0 Å². The van der Waals surface area contributed by atoms with E-state index in [2.05, 4.69) is 24.5 Å². The molecule has 8 heteroatoms. The quantitative estimate of drug-likeness (QED) is 0.325. The molecule has 1 unspecified atom stereocenters. The van der Waals surface area contributed by atoms with Gasteiger partial charge in [0.15, 0.2) is 11.5 Å². The predicted molar refractivity (Wildman–Crippen MR) is 159 cm³/mol. The highest BCUT2D eigenvalue weighted by molar-refractivity contribution is 5.95. The fraction of sp³-hybridized carbons (Fsp3) is 0.545. The van der Waals surface area contributed by atoms with Gasteiger partial charge in [0.2, 0.25) is 0 Å². The third-order valence-electron chi connectivity index (χ3n) is 8.38. The second-order valence-electron chi connectivity index (χ2n) is 12.0. The van der Waals surface area contributed by atoms with Crippen molar-refractivity contribution in [3.8, 4) is 11.5 Å². The molecule has 1 aliphatic carbocycles. The molecule has 2 fully saturated rings. The van der Waals surface area contributed by atoms with Gasteiger partial charge in [-0.1, -0.05) is 25.5 Å². The fourth-order valence-corrected chi connectivity index (χ4v) is 6.50. The molecule has 2 N–H and O–H groups in total. The summed E-state index contributed by atoms with van der Waals surface area (Å²) in [4.78, 5) is 15.8. The lowest BCUT2D eigenvalue weighted by Crippen LogP contribution is -2.44. The van der Waals surface area contributed by atoms with Gasteiger partial charge < -0.3 is 25.0 Å². The van der Waals surface area contributed by atoms with E-state index in [1.165, 1.54) is 31.4 Å². The van der Waals surface area contributed by atoms with Crippen molar-refractivity contribution in [1.82, 2.24) is 15.5 Å². The molecule has 0 aromatic heterocycles. The van der Waals surface area contributed by atoms with Gasteiger partial charge in [0.25, 0.3) is 5.91 Å². The average molecular weight is 570 g/mol. The minimum Gasteiger partial charge on any atom is -0.493 e. The molecule has 0 spiro atoms. The van der Waals surface area contributed by atoms with Crippen molar-refractivity contribution < 1.29 is 23.0 Å². The highest BCUT2D eigenvalue weighted by atomic mass is 19.1. The van der Waals surface area contributed by atoms with Crippen molar-refractivity contribution >= 4 is 12.0 Å².